The van der Waals surface area contributed by atoms with Crippen molar-refractivity contribution < 1.29 is 0 Å². The van der Waals surface area contributed by atoms with Crippen molar-refractivity contribution in [1.82, 2.24) is 0 Å². The van der Waals surface area contributed by atoms with E-state index in [4.69, 9.17) is 0 Å². The van der Waals surface area contributed by atoms with Crippen LogP contribution in [-0.2, 0) is 0 Å². The van der Waals surface area contributed by atoms with Crippen LogP contribution in [0.4, 0.5) is 0 Å². The van der Waals surface area contributed by atoms with Crippen molar-refractivity contribution in [3.63, 3.8) is 0 Å². The number of rotatable bonds is 9. The number of hydrogen-bond acceptors (Lipinski definition) is 0. The first-order chi connectivity index (χ1) is 21.5. The van der Waals surface area contributed by atoms with Gasteiger partial charge in [-0.2, -0.15) is 0 Å². The number of benzene rings is 6. The summed E-state index contributed by atoms with van der Waals surface area (Å²) in [5.74, 6) is 0. The maximum absolute atomic E-state index is 2.47. The molecule has 0 saturated heterocycles. The van der Waals surface area contributed by atoms with Crippen LogP contribution in [0.15, 0.2) is 181 Å². The molecule has 2 heteroatoms. The zero-order valence-corrected chi connectivity index (χ0v) is 27.5. The van der Waals surface area contributed by atoms with E-state index in [1.165, 1.54) is 43.0 Å². The molecule has 6 aromatic carbocycles. The second-order valence-corrected chi connectivity index (χ2v) is 19.6. The Hall–Kier alpha value is -4.77. The highest BCUT2D eigenvalue weighted by molar-refractivity contribution is 7.05. The van der Waals surface area contributed by atoms with Crippen molar-refractivity contribution in [3.05, 3.63) is 192 Å². The van der Waals surface area contributed by atoms with Crippen LogP contribution in [0.3, 0.4) is 0 Å². The van der Waals surface area contributed by atoms with Crippen molar-refractivity contribution >= 4 is 49.0 Å². The van der Waals surface area contributed by atoms with Crippen LogP contribution < -0.4 is 20.7 Å². The van der Waals surface area contributed by atoms with Crippen molar-refractivity contribution in [2.75, 3.05) is 0 Å². The molecule has 214 valence electrons. The topological polar surface area (TPSA) is 0 Å². The summed E-state index contributed by atoms with van der Waals surface area (Å²) in [6.07, 6.45) is 4.62. The molecule has 6 rings (SSSR count). The lowest BCUT2D eigenvalue weighted by Gasteiger charge is -2.25. The maximum atomic E-state index is 2.47. The smallest absolute Gasteiger partial charge is 0.0855 e. The van der Waals surface area contributed by atoms with E-state index < -0.39 is 16.1 Å². The Balaban J connectivity index is 1.21. The molecule has 0 aliphatic heterocycles. The van der Waals surface area contributed by atoms with Crippen LogP contribution in [0.2, 0.25) is 13.1 Å². The Bertz CT molecular complexity index is 1600. The van der Waals surface area contributed by atoms with Gasteiger partial charge >= 0.3 is 0 Å². The third-order valence-electron chi connectivity index (χ3n) is 8.87. The second kappa shape index (κ2) is 13.3. The molecule has 0 fully saturated rings. The van der Waals surface area contributed by atoms with Gasteiger partial charge in [0.2, 0.25) is 0 Å². The van der Waals surface area contributed by atoms with E-state index in [2.05, 4.69) is 207 Å². The highest BCUT2D eigenvalue weighted by Crippen LogP contribution is 2.22. The summed E-state index contributed by atoms with van der Waals surface area (Å²) in [6.45, 7) is 4.87. The Labute approximate surface area is 264 Å². The first-order valence-corrected chi connectivity index (χ1v) is 20.5. The minimum Gasteiger partial charge on any atom is -0.0855 e. The van der Waals surface area contributed by atoms with Crippen LogP contribution in [-0.4, -0.2) is 16.1 Å². The molecule has 44 heavy (non-hydrogen) atoms. The highest BCUT2D eigenvalue weighted by atomic mass is 28.3. The zero-order chi connectivity index (χ0) is 30.2. The Kier molecular flexibility index (Phi) is 8.83. The van der Waals surface area contributed by atoms with E-state index in [1.807, 2.05) is 0 Å². The Morgan fingerprint density at radius 1 is 0.318 bits per heavy atom. The van der Waals surface area contributed by atoms with Gasteiger partial charge in [0, 0.05) is 0 Å². The van der Waals surface area contributed by atoms with Gasteiger partial charge in [-0.25, -0.2) is 0 Å². The third kappa shape index (κ3) is 6.42. The highest BCUT2D eigenvalue weighted by Gasteiger charge is 2.29. The molecule has 0 spiro atoms. The van der Waals surface area contributed by atoms with Crippen molar-refractivity contribution in [3.8, 4) is 11.1 Å². The fourth-order valence-electron chi connectivity index (χ4n) is 5.95. The minimum absolute atomic E-state index is 1.23. The summed E-state index contributed by atoms with van der Waals surface area (Å²) in [5.41, 5.74) is 9.86. The molecule has 0 atom stereocenters. The standard InChI is InChI=1S/C42H38Si2/c1-43(39-15-7-3-8-16-39,40-17-9-4-10-18-40)33-31-35-23-27-37(28-24-35)38-29-25-36(26-30-38)32-34-44(2,41-19-11-5-12-20-41)42-21-13-6-14-22-42/h3-34H,1-2H3. The molecule has 0 saturated carbocycles. The van der Waals surface area contributed by atoms with Gasteiger partial charge in [-0.15, -0.1) is 0 Å². The molecule has 0 N–H and O–H groups in total. The maximum Gasteiger partial charge on any atom is 0.138 e. The summed E-state index contributed by atoms with van der Waals surface area (Å²) >= 11 is 0. The van der Waals surface area contributed by atoms with Gasteiger partial charge in [-0.1, -0.05) is 227 Å². The largest absolute Gasteiger partial charge is 0.138 e. The Morgan fingerprint density at radius 2 is 0.568 bits per heavy atom. The van der Waals surface area contributed by atoms with Gasteiger partial charge in [-0.05, 0) is 22.3 Å². The summed E-state index contributed by atoms with van der Waals surface area (Å²) < 4.78 is 0. The molecule has 0 bridgehead atoms. The summed E-state index contributed by atoms with van der Waals surface area (Å²) in [4.78, 5) is 0. The normalized spacial score (nSPS) is 12.1. The zero-order valence-electron chi connectivity index (χ0n) is 25.5. The van der Waals surface area contributed by atoms with Crippen LogP contribution in [0.25, 0.3) is 23.3 Å². The molecule has 0 aromatic heterocycles. The van der Waals surface area contributed by atoms with Crippen molar-refractivity contribution in [2.45, 2.75) is 13.1 Å². The summed E-state index contributed by atoms with van der Waals surface area (Å²) in [6, 6.07) is 61.7. The lowest BCUT2D eigenvalue weighted by atomic mass is 10.0. The quantitative estimate of drug-likeness (QED) is 0.147. The van der Waals surface area contributed by atoms with E-state index in [9.17, 15) is 0 Å². The van der Waals surface area contributed by atoms with Crippen molar-refractivity contribution in [2.24, 2.45) is 0 Å². The van der Waals surface area contributed by atoms with Gasteiger partial charge < -0.3 is 0 Å². The molecule has 0 nitrogen and oxygen atoms in total. The van der Waals surface area contributed by atoms with E-state index in [1.54, 1.807) is 0 Å². The van der Waals surface area contributed by atoms with Crippen LogP contribution in [0.1, 0.15) is 11.1 Å². The fourth-order valence-corrected chi connectivity index (χ4v) is 12.0. The minimum atomic E-state index is -2.02. The van der Waals surface area contributed by atoms with Crippen LogP contribution in [0, 0.1) is 0 Å². The second-order valence-electron chi connectivity index (χ2n) is 11.8. The van der Waals surface area contributed by atoms with Gasteiger partial charge in [0.1, 0.15) is 16.1 Å². The lowest BCUT2D eigenvalue weighted by Crippen LogP contribution is -2.54. The van der Waals surface area contributed by atoms with Gasteiger partial charge in [-0.3, -0.25) is 0 Å². The lowest BCUT2D eigenvalue weighted by molar-refractivity contribution is 1.58. The Morgan fingerprint density at radius 3 is 0.818 bits per heavy atom. The molecule has 0 aliphatic rings. The van der Waals surface area contributed by atoms with Gasteiger partial charge in [0.15, 0.2) is 0 Å². The first kappa shape index (κ1) is 29.3. The first-order valence-electron chi connectivity index (χ1n) is 15.4. The summed E-state index contributed by atoms with van der Waals surface area (Å²) in [5, 5.41) is 5.68. The molecule has 0 heterocycles. The van der Waals surface area contributed by atoms with Crippen molar-refractivity contribution in [1.29, 1.82) is 0 Å². The van der Waals surface area contributed by atoms with Gasteiger partial charge in [0.05, 0.1) is 0 Å². The monoisotopic (exact) mass is 598 g/mol. The van der Waals surface area contributed by atoms with Gasteiger partial charge in [0.25, 0.3) is 0 Å². The van der Waals surface area contributed by atoms with Crippen LogP contribution in [0.5, 0.6) is 0 Å². The predicted octanol–water partition coefficient (Wildman–Crippen LogP) is 8.24. The third-order valence-corrected chi connectivity index (χ3v) is 16.7. The predicted molar refractivity (Wildman–Crippen MR) is 197 cm³/mol. The van der Waals surface area contributed by atoms with E-state index >= 15 is 0 Å². The molecule has 0 radical (unpaired) electrons. The number of hydrogen-bond donors (Lipinski definition) is 0. The molecule has 0 unspecified atom stereocenters. The van der Waals surface area contributed by atoms with Crippen LogP contribution >= 0.6 is 0 Å². The molecule has 6 aromatic rings. The van der Waals surface area contributed by atoms with E-state index in [0.29, 0.717) is 0 Å². The molecule has 0 aliphatic carbocycles. The fraction of sp³-hybridized carbons (Fsp3) is 0.0476. The average Bonchev–Trinajstić information content (AvgIpc) is 3.11. The molecular weight excluding hydrogens is 561 g/mol. The molecular formula is C42H38Si2. The van der Waals surface area contributed by atoms with E-state index in [-0.39, 0.29) is 0 Å². The summed E-state index contributed by atoms with van der Waals surface area (Å²) in [7, 11) is -4.04. The average molecular weight is 599 g/mol. The molecule has 0 amide bonds. The SMILES string of the molecule is C[Si](C=Cc1ccc(-c2ccc(C=C[Si](C)(c3ccccc3)c3ccccc3)cc2)cc1)(c1ccccc1)c1ccccc1. The van der Waals surface area contributed by atoms with E-state index in [0.717, 1.165) is 0 Å².